The standard InChI is InChI=1S/C36H24N2O7.OS/c1-21-6-10-23(11-7-21)43-25-4-3-5-26(18-25)44-24-12-8-22(9-13-24)38-35(41)30-17-15-28(20-32(30)36(38)42)45-27-14-16-29-31(19-27)34(40)37(2)33(29)39;1-2/h3-20H,1-2H3;. The second-order valence-electron chi connectivity index (χ2n) is 10.6. The molecule has 0 spiro atoms. The Morgan fingerprint density at radius 3 is 1.45 bits per heavy atom. The molecule has 5 aromatic rings. The molecule has 2 aliphatic heterocycles. The van der Waals surface area contributed by atoms with Crippen LogP contribution in [0.15, 0.2) is 109 Å². The van der Waals surface area contributed by atoms with Gasteiger partial charge in [0.25, 0.3) is 23.6 Å². The van der Waals surface area contributed by atoms with Crippen LogP contribution in [0.25, 0.3) is 0 Å². The molecule has 47 heavy (non-hydrogen) atoms. The largest absolute Gasteiger partial charge is 0.457 e. The summed E-state index contributed by atoms with van der Waals surface area (Å²) in [5.41, 5.74) is 2.51. The van der Waals surface area contributed by atoms with E-state index in [2.05, 4.69) is 12.5 Å². The van der Waals surface area contributed by atoms with Crippen molar-refractivity contribution in [2.24, 2.45) is 0 Å². The summed E-state index contributed by atoms with van der Waals surface area (Å²) in [7, 11) is 1.42. The fourth-order valence-corrected chi connectivity index (χ4v) is 5.20. The summed E-state index contributed by atoms with van der Waals surface area (Å²) in [6, 6.07) is 30.8. The van der Waals surface area contributed by atoms with Gasteiger partial charge in [0.15, 0.2) is 12.5 Å². The topological polar surface area (TPSA) is 120 Å². The molecule has 0 bridgehead atoms. The number of aryl methyl sites for hydroxylation is 1. The van der Waals surface area contributed by atoms with Crippen molar-refractivity contribution in [3.63, 3.8) is 0 Å². The van der Waals surface area contributed by atoms with Gasteiger partial charge >= 0.3 is 0 Å². The van der Waals surface area contributed by atoms with E-state index < -0.39 is 17.7 Å². The van der Waals surface area contributed by atoms with Gasteiger partial charge in [-0.15, -0.1) is 0 Å². The first-order valence-corrected chi connectivity index (χ1v) is 14.5. The zero-order valence-corrected chi connectivity index (χ0v) is 25.8. The van der Waals surface area contributed by atoms with Crippen molar-refractivity contribution in [1.29, 1.82) is 0 Å². The van der Waals surface area contributed by atoms with Crippen molar-refractivity contribution in [1.82, 2.24) is 4.90 Å². The predicted molar refractivity (Wildman–Crippen MR) is 173 cm³/mol. The Bertz CT molecular complexity index is 2060. The van der Waals surface area contributed by atoms with Crippen molar-refractivity contribution < 1.29 is 37.6 Å². The highest BCUT2D eigenvalue weighted by Gasteiger charge is 2.37. The molecular weight excluding hydrogens is 620 g/mol. The molecule has 7 rings (SSSR count). The molecule has 5 aromatic carbocycles. The van der Waals surface area contributed by atoms with Crippen LogP contribution in [-0.2, 0) is 12.5 Å². The minimum atomic E-state index is -0.494. The summed E-state index contributed by atoms with van der Waals surface area (Å²) >= 11 is 2.83. The van der Waals surface area contributed by atoms with Gasteiger partial charge in [-0.05, 0) is 91.9 Å². The van der Waals surface area contributed by atoms with E-state index in [1.54, 1.807) is 48.5 Å². The van der Waals surface area contributed by atoms with Gasteiger partial charge < -0.3 is 14.2 Å². The fraction of sp³-hybridized carbons (Fsp3) is 0.0556. The average molecular weight is 645 g/mol. The number of ether oxygens (including phenoxy) is 3. The van der Waals surface area contributed by atoms with Gasteiger partial charge in [0.2, 0.25) is 0 Å². The Balaban J connectivity index is 0.00000190. The van der Waals surface area contributed by atoms with E-state index in [9.17, 15) is 19.2 Å². The van der Waals surface area contributed by atoms with Crippen molar-refractivity contribution in [3.05, 3.63) is 137 Å². The quantitative estimate of drug-likeness (QED) is 0.172. The minimum Gasteiger partial charge on any atom is -0.457 e. The molecule has 0 aromatic heterocycles. The third-order valence-corrected chi connectivity index (χ3v) is 7.55. The Hall–Kier alpha value is -6.20. The summed E-state index contributed by atoms with van der Waals surface area (Å²) < 4.78 is 25.7. The maximum atomic E-state index is 13.4. The van der Waals surface area contributed by atoms with Crippen LogP contribution in [-0.4, -0.2) is 39.8 Å². The maximum absolute atomic E-state index is 13.4. The molecule has 4 amide bonds. The van der Waals surface area contributed by atoms with Crippen molar-refractivity contribution in [3.8, 4) is 34.5 Å². The lowest BCUT2D eigenvalue weighted by Gasteiger charge is -2.15. The second kappa shape index (κ2) is 12.7. The molecule has 0 atom stereocenters. The van der Waals surface area contributed by atoms with Crippen LogP contribution in [0.1, 0.15) is 47.0 Å². The van der Waals surface area contributed by atoms with E-state index >= 15 is 0 Å². The zero-order valence-electron chi connectivity index (χ0n) is 25.0. The van der Waals surface area contributed by atoms with Crippen LogP contribution in [0.2, 0.25) is 0 Å². The highest BCUT2D eigenvalue weighted by Crippen LogP contribution is 2.35. The molecule has 232 valence electrons. The van der Waals surface area contributed by atoms with Gasteiger partial charge in [0.05, 0.1) is 27.9 Å². The van der Waals surface area contributed by atoms with Crippen LogP contribution in [0.3, 0.4) is 0 Å². The maximum Gasteiger partial charge on any atom is 0.266 e. The lowest BCUT2D eigenvalue weighted by atomic mass is 10.1. The van der Waals surface area contributed by atoms with E-state index in [0.717, 1.165) is 15.4 Å². The Kier molecular flexibility index (Phi) is 8.30. The predicted octanol–water partition coefficient (Wildman–Crippen LogP) is 7.06. The van der Waals surface area contributed by atoms with E-state index in [0.29, 0.717) is 45.7 Å². The number of carbonyl (C=O) groups excluding carboxylic acids is 4. The van der Waals surface area contributed by atoms with Gasteiger partial charge in [0, 0.05) is 13.1 Å². The molecule has 0 fully saturated rings. The summed E-state index contributed by atoms with van der Waals surface area (Å²) in [5.74, 6) is 1.30. The number of nitrogens with zero attached hydrogens (tertiary/aromatic N) is 2. The molecule has 11 heteroatoms. The zero-order chi connectivity index (χ0) is 33.2. The van der Waals surface area contributed by atoms with Crippen molar-refractivity contribution in [2.75, 3.05) is 11.9 Å². The number of hydrogen-bond acceptors (Lipinski definition) is 9. The molecule has 2 heterocycles. The normalized spacial score (nSPS) is 13.1. The summed E-state index contributed by atoms with van der Waals surface area (Å²) in [4.78, 5) is 53.3. The lowest BCUT2D eigenvalue weighted by Crippen LogP contribution is -2.29. The van der Waals surface area contributed by atoms with Crippen LogP contribution in [0.4, 0.5) is 5.69 Å². The van der Waals surface area contributed by atoms with Gasteiger partial charge in [-0.2, -0.15) is 4.21 Å². The number of hydrogen-bond donors (Lipinski definition) is 0. The number of carbonyl (C=O) groups is 4. The molecule has 10 nitrogen and oxygen atoms in total. The number of amides is 4. The first-order valence-electron chi connectivity index (χ1n) is 14.2. The van der Waals surface area contributed by atoms with E-state index in [4.69, 9.17) is 18.4 Å². The van der Waals surface area contributed by atoms with Crippen molar-refractivity contribution >= 4 is 41.8 Å². The number of fused-ring (bicyclic) bond motifs is 2. The van der Waals surface area contributed by atoms with Gasteiger partial charge in [-0.3, -0.25) is 24.1 Å². The SMILES string of the molecule is Cc1ccc(Oc2cccc(Oc3ccc(N4C(=O)c5ccc(Oc6ccc7c(c6)C(=O)N(C)C7=O)cc5C4=O)cc3)c2)cc1.O=S. The molecule has 0 saturated heterocycles. The fourth-order valence-electron chi connectivity index (χ4n) is 5.20. The highest BCUT2D eigenvalue weighted by atomic mass is 32.1. The van der Waals surface area contributed by atoms with Crippen molar-refractivity contribution in [2.45, 2.75) is 6.92 Å². The molecule has 0 saturated carbocycles. The first-order chi connectivity index (χ1) is 22.7. The van der Waals surface area contributed by atoms with Crippen LogP contribution in [0.5, 0.6) is 34.5 Å². The number of imide groups is 2. The molecule has 0 unspecified atom stereocenters. The molecule has 0 N–H and O–H groups in total. The van der Waals surface area contributed by atoms with Gasteiger partial charge in [0.1, 0.15) is 34.5 Å². The van der Waals surface area contributed by atoms with Gasteiger partial charge in [-0.1, -0.05) is 23.8 Å². The summed E-state index contributed by atoms with van der Waals surface area (Å²) in [6.45, 7) is 2.01. The number of rotatable bonds is 7. The highest BCUT2D eigenvalue weighted by molar-refractivity contribution is 7.44. The Morgan fingerprint density at radius 1 is 0.468 bits per heavy atom. The van der Waals surface area contributed by atoms with E-state index in [1.165, 1.54) is 31.3 Å². The van der Waals surface area contributed by atoms with Crippen LogP contribution in [0, 0.1) is 6.92 Å². The molecule has 2 aliphatic rings. The lowest BCUT2D eigenvalue weighted by molar-refractivity contribution is 0.0692. The average Bonchev–Trinajstić information content (AvgIpc) is 3.46. The third kappa shape index (κ3) is 5.95. The van der Waals surface area contributed by atoms with Gasteiger partial charge in [-0.25, -0.2) is 4.90 Å². The smallest absolute Gasteiger partial charge is 0.266 e. The minimum absolute atomic E-state index is 0.190. The van der Waals surface area contributed by atoms with Crippen LogP contribution >= 0.6 is 0 Å². The first kappa shape index (κ1) is 30.8. The second-order valence-corrected chi connectivity index (χ2v) is 10.6. The monoisotopic (exact) mass is 644 g/mol. The summed E-state index contributed by atoms with van der Waals surface area (Å²) in [5, 5.41) is 0. The number of benzene rings is 5. The molecule has 0 aliphatic carbocycles. The van der Waals surface area contributed by atoms with Crippen LogP contribution < -0.4 is 19.1 Å². The number of anilines is 1. The summed E-state index contributed by atoms with van der Waals surface area (Å²) in [6.07, 6.45) is 0. The Labute approximate surface area is 274 Å². The van der Waals surface area contributed by atoms with E-state index in [1.807, 2.05) is 43.3 Å². The molecule has 0 radical (unpaired) electrons. The van der Waals surface area contributed by atoms with E-state index in [-0.39, 0.29) is 22.6 Å². The third-order valence-electron chi connectivity index (χ3n) is 7.55. The molecular formula is C36H24N2O8S. The Morgan fingerprint density at radius 2 is 0.872 bits per heavy atom.